The smallest absolute Gasteiger partial charge is 0.137 e. The Bertz CT molecular complexity index is 433. The molecule has 4 heteroatoms. The van der Waals surface area contributed by atoms with Crippen LogP contribution in [0.4, 0.5) is 0 Å². The van der Waals surface area contributed by atoms with Gasteiger partial charge in [-0.2, -0.15) is 0 Å². The normalized spacial score (nSPS) is 27.4. The van der Waals surface area contributed by atoms with Crippen molar-refractivity contribution in [1.29, 1.82) is 0 Å². The van der Waals surface area contributed by atoms with E-state index >= 15 is 0 Å². The molecule has 1 heterocycles. The third-order valence-electron chi connectivity index (χ3n) is 3.78. The molecule has 0 spiro atoms. The summed E-state index contributed by atoms with van der Waals surface area (Å²) in [6.45, 7) is 11.2. The Morgan fingerprint density at radius 2 is 1.76 bits per heavy atom. The van der Waals surface area contributed by atoms with E-state index in [-0.39, 0.29) is 12.2 Å². The second-order valence-electron chi connectivity index (χ2n) is 6.41. The molecule has 1 saturated heterocycles. The summed E-state index contributed by atoms with van der Waals surface area (Å²) in [5, 5.41) is 10.2. The van der Waals surface area contributed by atoms with Crippen LogP contribution >= 0.6 is 0 Å². The lowest BCUT2D eigenvalue weighted by atomic mass is 10.1. The lowest BCUT2D eigenvalue weighted by molar-refractivity contribution is -0.918. The first-order valence-electron chi connectivity index (χ1n) is 7.80. The fourth-order valence-electron chi connectivity index (χ4n) is 3.16. The number of quaternary nitrogens is 1. The standard InChI is InChI=1S/C17H27NO3/c1-12-5-13(2)7-17(6-12)20-11-16(19)10-18-8-14(3)21-15(4)9-18/h5-7,14-16,19H,8-11H2,1-4H3/p+1/t14-,15+,16-/m0/s1. The zero-order chi connectivity index (χ0) is 15.4. The Hall–Kier alpha value is -1.10. The van der Waals surface area contributed by atoms with E-state index in [0.29, 0.717) is 13.2 Å². The van der Waals surface area contributed by atoms with Gasteiger partial charge in [0.1, 0.15) is 50.3 Å². The molecule has 1 fully saturated rings. The van der Waals surface area contributed by atoms with Crippen LogP contribution in [0.2, 0.25) is 0 Å². The number of aliphatic hydroxyl groups excluding tert-OH is 1. The maximum atomic E-state index is 10.2. The molecule has 4 nitrogen and oxygen atoms in total. The average Bonchev–Trinajstić information content (AvgIpc) is 2.34. The molecule has 1 aromatic carbocycles. The van der Waals surface area contributed by atoms with Crippen LogP contribution in [-0.4, -0.2) is 49.7 Å². The number of ether oxygens (including phenoxy) is 2. The highest BCUT2D eigenvalue weighted by molar-refractivity contribution is 5.32. The van der Waals surface area contributed by atoms with Crippen LogP contribution in [0.25, 0.3) is 0 Å². The van der Waals surface area contributed by atoms with Crippen molar-refractivity contribution in [3.63, 3.8) is 0 Å². The predicted octanol–water partition coefficient (Wildman–Crippen LogP) is 0.735. The third kappa shape index (κ3) is 5.30. The Morgan fingerprint density at radius 3 is 2.33 bits per heavy atom. The minimum atomic E-state index is -0.446. The minimum Gasteiger partial charge on any atom is -0.491 e. The van der Waals surface area contributed by atoms with E-state index in [2.05, 4.69) is 33.8 Å². The first-order valence-corrected chi connectivity index (χ1v) is 7.80. The van der Waals surface area contributed by atoms with E-state index in [1.54, 1.807) is 0 Å². The Morgan fingerprint density at radius 1 is 1.19 bits per heavy atom. The van der Waals surface area contributed by atoms with Crippen LogP contribution < -0.4 is 9.64 Å². The number of nitrogens with one attached hydrogen (secondary N) is 1. The van der Waals surface area contributed by atoms with Gasteiger partial charge in [-0.1, -0.05) is 6.07 Å². The fourth-order valence-corrected chi connectivity index (χ4v) is 3.16. The van der Waals surface area contributed by atoms with Crippen molar-refractivity contribution in [3.8, 4) is 5.75 Å². The lowest BCUT2D eigenvalue weighted by Gasteiger charge is -2.33. The molecule has 2 N–H and O–H groups in total. The highest BCUT2D eigenvalue weighted by Gasteiger charge is 2.27. The summed E-state index contributed by atoms with van der Waals surface area (Å²) in [5.41, 5.74) is 2.36. The highest BCUT2D eigenvalue weighted by Crippen LogP contribution is 2.16. The molecule has 1 aliphatic rings. The molecule has 1 unspecified atom stereocenters. The molecular weight excluding hydrogens is 266 g/mol. The molecule has 0 radical (unpaired) electrons. The second-order valence-corrected chi connectivity index (χ2v) is 6.41. The van der Waals surface area contributed by atoms with Gasteiger partial charge in [-0.05, 0) is 51.0 Å². The Balaban J connectivity index is 1.80. The average molecular weight is 294 g/mol. The monoisotopic (exact) mass is 294 g/mol. The molecule has 0 aromatic heterocycles. The molecule has 4 atom stereocenters. The van der Waals surface area contributed by atoms with E-state index in [1.165, 1.54) is 16.0 Å². The molecule has 0 amide bonds. The number of morpholine rings is 1. The first-order chi connectivity index (χ1) is 9.92. The van der Waals surface area contributed by atoms with E-state index in [0.717, 1.165) is 18.8 Å². The maximum Gasteiger partial charge on any atom is 0.137 e. The second kappa shape index (κ2) is 7.25. The first kappa shape index (κ1) is 16.3. The van der Waals surface area contributed by atoms with Gasteiger partial charge in [0.15, 0.2) is 0 Å². The van der Waals surface area contributed by atoms with Gasteiger partial charge < -0.3 is 19.5 Å². The molecule has 0 saturated carbocycles. The number of aryl methyl sites for hydroxylation is 2. The maximum absolute atomic E-state index is 10.2. The zero-order valence-electron chi connectivity index (χ0n) is 13.6. The van der Waals surface area contributed by atoms with E-state index < -0.39 is 6.10 Å². The fraction of sp³-hybridized carbons (Fsp3) is 0.647. The molecule has 1 aliphatic heterocycles. The van der Waals surface area contributed by atoms with Gasteiger partial charge in [-0.25, -0.2) is 0 Å². The van der Waals surface area contributed by atoms with Crippen molar-refractivity contribution in [3.05, 3.63) is 29.3 Å². The molecule has 21 heavy (non-hydrogen) atoms. The number of hydrogen-bond acceptors (Lipinski definition) is 3. The Labute approximate surface area is 127 Å². The summed E-state index contributed by atoms with van der Waals surface area (Å²) in [6, 6.07) is 6.13. The van der Waals surface area contributed by atoms with Crippen molar-refractivity contribution >= 4 is 0 Å². The summed E-state index contributed by atoms with van der Waals surface area (Å²) in [7, 11) is 0. The van der Waals surface area contributed by atoms with Gasteiger partial charge in [-0.15, -0.1) is 0 Å². The van der Waals surface area contributed by atoms with Crippen LogP contribution in [0.3, 0.4) is 0 Å². The van der Waals surface area contributed by atoms with Crippen molar-refractivity contribution in [1.82, 2.24) is 0 Å². The molecule has 1 aromatic rings. The topological polar surface area (TPSA) is 43.1 Å². The molecule has 0 aliphatic carbocycles. The number of hydrogen-bond donors (Lipinski definition) is 2. The van der Waals surface area contributed by atoms with E-state index in [9.17, 15) is 5.11 Å². The third-order valence-corrected chi connectivity index (χ3v) is 3.78. The number of rotatable bonds is 5. The highest BCUT2D eigenvalue weighted by atomic mass is 16.5. The van der Waals surface area contributed by atoms with Crippen molar-refractivity contribution in [2.24, 2.45) is 0 Å². The van der Waals surface area contributed by atoms with Crippen LogP contribution in [0.1, 0.15) is 25.0 Å². The van der Waals surface area contributed by atoms with Crippen molar-refractivity contribution in [2.75, 3.05) is 26.2 Å². The van der Waals surface area contributed by atoms with Crippen LogP contribution in [0, 0.1) is 13.8 Å². The summed E-state index contributed by atoms with van der Waals surface area (Å²) < 4.78 is 11.4. The van der Waals surface area contributed by atoms with Crippen LogP contribution in [0.5, 0.6) is 5.75 Å². The summed E-state index contributed by atoms with van der Waals surface area (Å²) in [6.07, 6.45) is 0.0749. The van der Waals surface area contributed by atoms with E-state index in [1.807, 2.05) is 12.1 Å². The molecule has 2 rings (SSSR count). The quantitative estimate of drug-likeness (QED) is 0.842. The summed E-state index contributed by atoms with van der Waals surface area (Å²) >= 11 is 0. The molecular formula is C17H28NO3+. The minimum absolute atomic E-state index is 0.260. The van der Waals surface area contributed by atoms with Gasteiger partial charge in [0.05, 0.1) is 0 Å². The van der Waals surface area contributed by atoms with Crippen LogP contribution in [0.15, 0.2) is 18.2 Å². The zero-order valence-corrected chi connectivity index (χ0v) is 13.6. The van der Waals surface area contributed by atoms with Gasteiger partial charge in [-0.3, -0.25) is 0 Å². The summed E-state index contributed by atoms with van der Waals surface area (Å²) in [5.74, 6) is 0.838. The van der Waals surface area contributed by atoms with Gasteiger partial charge in [0.2, 0.25) is 0 Å². The van der Waals surface area contributed by atoms with E-state index in [4.69, 9.17) is 9.47 Å². The summed E-state index contributed by atoms with van der Waals surface area (Å²) in [4.78, 5) is 1.39. The van der Waals surface area contributed by atoms with Crippen LogP contribution in [-0.2, 0) is 4.74 Å². The number of aliphatic hydroxyl groups is 1. The van der Waals surface area contributed by atoms with Crippen molar-refractivity contribution < 1.29 is 19.5 Å². The van der Waals surface area contributed by atoms with Crippen molar-refractivity contribution in [2.45, 2.75) is 46.0 Å². The SMILES string of the molecule is Cc1cc(C)cc(OC[C@@H](O)C[NH+]2C[C@@H](C)O[C@@H](C)C2)c1. The molecule has 118 valence electrons. The Kier molecular flexibility index (Phi) is 5.62. The number of benzene rings is 1. The lowest BCUT2D eigenvalue weighted by Crippen LogP contribution is -3.16. The van der Waals surface area contributed by atoms with Gasteiger partial charge >= 0.3 is 0 Å². The van der Waals surface area contributed by atoms with Gasteiger partial charge in [0, 0.05) is 0 Å². The molecule has 0 bridgehead atoms. The van der Waals surface area contributed by atoms with Gasteiger partial charge in [0.25, 0.3) is 0 Å². The predicted molar refractivity (Wildman–Crippen MR) is 83.0 cm³/mol. The largest absolute Gasteiger partial charge is 0.491 e.